The van der Waals surface area contributed by atoms with Crippen LogP contribution < -0.4 is 10.1 Å². The number of carbonyl (C=O) groups excluding carboxylic acids is 1. The molecule has 2 N–H and O–H groups in total. The summed E-state index contributed by atoms with van der Waals surface area (Å²) in [6, 6.07) is 6.71. The highest BCUT2D eigenvalue weighted by Crippen LogP contribution is 2.45. The summed E-state index contributed by atoms with van der Waals surface area (Å²) in [6.07, 6.45) is 1.24. The van der Waals surface area contributed by atoms with Crippen molar-refractivity contribution in [2.24, 2.45) is 5.41 Å². The Hall–Kier alpha value is -2.08. The molecule has 6 nitrogen and oxygen atoms in total. The third-order valence-corrected chi connectivity index (χ3v) is 3.57. The van der Waals surface area contributed by atoms with E-state index in [2.05, 4.69) is 5.32 Å². The second-order valence-electron chi connectivity index (χ2n) is 5.13. The third kappa shape index (κ3) is 3.95. The summed E-state index contributed by atoms with van der Waals surface area (Å²) < 4.78 is 10.3. The van der Waals surface area contributed by atoms with Crippen molar-refractivity contribution in [2.75, 3.05) is 26.9 Å². The Morgan fingerprint density at radius 2 is 1.90 bits per heavy atom. The van der Waals surface area contributed by atoms with Crippen molar-refractivity contribution in [1.29, 1.82) is 0 Å². The van der Waals surface area contributed by atoms with Gasteiger partial charge in [0.05, 0.1) is 12.0 Å². The Kier molecular flexibility index (Phi) is 4.80. The number of amides is 1. The van der Waals surface area contributed by atoms with Gasteiger partial charge in [-0.25, -0.2) is 0 Å². The van der Waals surface area contributed by atoms with Crippen LogP contribution in [0.15, 0.2) is 24.3 Å². The number of aliphatic carboxylic acids is 1. The van der Waals surface area contributed by atoms with E-state index in [1.807, 2.05) is 0 Å². The monoisotopic (exact) mass is 293 g/mol. The van der Waals surface area contributed by atoms with Gasteiger partial charge in [-0.1, -0.05) is 0 Å². The number of ether oxygens (including phenoxy) is 2. The summed E-state index contributed by atoms with van der Waals surface area (Å²) in [4.78, 5) is 23.0. The lowest BCUT2D eigenvalue weighted by Gasteiger charge is -2.11. The molecule has 0 aromatic heterocycles. The summed E-state index contributed by atoms with van der Waals surface area (Å²) in [7, 11) is 1.60. The van der Waals surface area contributed by atoms with Crippen LogP contribution in [0.1, 0.15) is 23.2 Å². The molecular formula is C15H19NO5. The van der Waals surface area contributed by atoms with E-state index >= 15 is 0 Å². The highest BCUT2D eigenvalue weighted by molar-refractivity contribution is 5.94. The molecule has 1 amide bonds. The Bertz CT molecular complexity index is 507. The molecule has 21 heavy (non-hydrogen) atoms. The molecule has 0 bridgehead atoms. The molecule has 0 saturated heterocycles. The number of carbonyl (C=O) groups is 2. The number of carboxylic acids is 1. The molecule has 1 aromatic rings. The van der Waals surface area contributed by atoms with Crippen LogP contribution in [-0.4, -0.2) is 43.9 Å². The minimum Gasteiger partial charge on any atom is -0.491 e. The highest BCUT2D eigenvalue weighted by atomic mass is 16.5. The van der Waals surface area contributed by atoms with Crippen molar-refractivity contribution in [3.63, 3.8) is 0 Å². The predicted octanol–water partition coefficient (Wildman–Crippen LogP) is 1.31. The Labute approximate surface area is 123 Å². The van der Waals surface area contributed by atoms with Gasteiger partial charge in [0, 0.05) is 19.2 Å². The van der Waals surface area contributed by atoms with Crippen LogP contribution in [-0.2, 0) is 9.53 Å². The predicted molar refractivity (Wildman–Crippen MR) is 75.4 cm³/mol. The molecule has 1 aliphatic carbocycles. The fourth-order valence-corrected chi connectivity index (χ4v) is 1.91. The van der Waals surface area contributed by atoms with Gasteiger partial charge in [-0.2, -0.15) is 0 Å². The fourth-order valence-electron chi connectivity index (χ4n) is 1.91. The van der Waals surface area contributed by atoms with E-state index in [1.165, 1.54) is 0 Å². The second kappa shape index (κ2) is 6.58. The summed E-state index contributed by atoms with van der Waals surface area (Å²) in [5.41, 5.74) is -0.269. The zero-order valence-corrected chi connectivity index (χ0v) is 11.9. The van der Waals surface area contributed by atoms with Crippen molar-refractivity contribution in [3.05, 3.63) is 29.8 Å². The lowest BCUT2D eigenvalue weighted by atomic mass is 10.1. The van der Waals surface area contributed by atoms with E-state index < -0.39 is 11.4 Å². The van der Waals surface area contributed by atoms with Crippen LogP contribution in [0, 0.1) is 5.41 Å². The summed E-state index contributed by atoms with van der Waals surface area (Å²) >= 11 is 0. The molecule has 0 radical (unpaired) electrons. The van der Waals surface area contributed by atoms with Gasteiger partial charge >= 0.3 is 5.97 Å². The highest BCUT2D eigenvalue weighted by Gasteiger charge is 2.50. The van der Waals surface area contributed by atoms with Crippen LogP contribution in [0.2, 0.25) is 0 Å². The molecule has 1 saturated carbocycles. The lowest BCUT2D eigenvalue weighted by molar-refractivity contribution is -0.143. The first-order valence-corrected chi connectivity index (χ1v) is 6.81. The quantitative estimate of drug-likeness (QED) is 0.706. The largest absolute Gasteiger partial charge is 0.491 e. The lowest BCUT2D eigenvalue weighted by Crippen LogP contribution is -2.34. The molecule has 114 valence electrons. The number of hydrogen-bond donors (Lipinski definition) is 2. The first-order valence-electron chi connectivity index (χ1n) is 6.81. The minimum absolute atomic E-state index is 0.174. The molecule has 0 unspecified atom stereocenters. The number of rotatable bonds is 8. The summed E-state index contributed by atoms with van der Waals surface area (Å²) in [5.74, 6) is -0.455. The number of hydrogen-bond acceptors (Lipinski definition) is 4. The maximum atomic E-state index is 11.9. The SMILES string of the molecule is COCCOc1ccc(C(=O)NCC2(C(=O)O)CC2)cc1. The smallest absolute Gasteiger partial charge is 0.311 e. The molecule has 1 aliphatic rings. The molecule has 2 rings (SSSR count). The van der Waals surface area contributed by atoms with E-state index in [4.69, 9.17) is 14.6 Å². The van der Waals surface area contributed by atoms with Crippen molar-refractivity contribution >= 4 is 11.9 Å². The zero-order valence-electron chi connectivity index (χ0n) is 11.9. The summed E-state index contributed by atoms with van der Waals surface area (Å²) in [5, 5.41) is 11.7. The van der Waals surface area contributed by atoms with Crippen LogP contribution in [0.4, 0.5) is 0 Å². The average Bonchev–Trinajstić information content (AvgIpc) is 3.27. The van der Waals surface area contributed by atoms with E-state index in [0.717, 1.165) is 0 Å². The first kappa shape index (κ1) is 15.3. The average molecular weight is 293 g/mol. The topological polar surface area (TPSA) is 84.9 Å². The number of carboxylic acid groups (broad SMARTS) is 1. The van der Waals surface area contributed by atoms with Gasteiger partial charge in [0.25, 0.3) is 5.91 Å². The Balaban J connectivity index is 1.84. The van der Waals surface area contributed by atoms with Crippen molar-refractivity contribution < 1.29 is 24.2 Å². The van der Waals surface area contributed by atoms with Gasteiger partial charge in [-0.05, 0) is 37.1 Å². The van der Waals surface area contributed by atoms with Crippen molar-refractivity contribution in [2.45, 2.75) is 12.8 Å². The fraction of sp³-hybridized carbons (Fsp3) is 0.467. The van der Waals surface area contributed by atoms with Gasteiger partial charge in [-0.15, -0.1) is 0 Å². The molecule has 0 heterocycles. The zero-order chi connectivity index (χ0) is 15.3. The normalized spacial score (nSPS) is 15.3. The van der Waals surface area contributed by atoms with Crippen LogP contribution in [0.3, 0.4) is 0 Å². The first-order chi connectivity index (χ1) is 10.1. The van der Waals surface area contributed by atoms with E-state index in [-0.39, 0.29) is 12.5 Å². The number of methoxy groups -OCH3 is 1. The molecule has 0 aliphatic heterocycles. The van der Waals surface area contributed by atoms with Crippen molar-refractivity contribution in [3.8, 4) is 5.75 Å². The van der Waals surface area contributed by atoms with E-state index in [9.17, 15) is 9.59 Å². The van der Waals surface area contributed by atoms with E-state index in [0.29, 0.717) is 37.4 Å². The molecule has 1 aromatic carbocycles. The standard InChI is InChI=1S/C15H19NO5/c1-20-8-9-21-12-4-2-11(3-5-12)13(17)16-10-15(6-7-15)14(18)19/h2-5H,6-10H2,1H3,(H,16,17)(H,18,19). The van der Waals surface area contributed by atoms with Gasteiger partial charge < -0.3 is 19.9 Å². The van der Waals surface area contributed by atoms with Gasteiger partial charge in [-0.3, -0.25) is 9.59 Å². The van der Waals surface area contributed by atoms with Crippen LogP contribution in [0.5, 0.6) is 5.75 Å². The number of nitrogens with one attached hydrogen (secondary N) is 1. The minimum atomic E-state index is -0.843. The van der Waals surface area contributed by atoms with Gasteiger partial charge in [0.15, 0.2) is 0 Å². The maximum Gasteiger partial charge on any atom is 0.311 e. The van der Waals surface area contributed by atoms with Gasteiger partial charge in [0.2, 0.25) is 0 Å². The van der Waals surface area contributed by atoms with Crippen LogP contribution in [0.25, 0.3) is 0 Å². The van der Waals surface area contributed by atoms with E-state index in [1.54, 1.807) is 31.4 Å². The Morgan fingerprint density at radius 1 is 1.24 bits per heavy atom. The Morgan fingerprint density at radius 3 is 2.43 bits per heavy atom. The second-order valence-corrected chi connectivity index (χ2v) is 5.13. The van der Waals surface area contributed by atoms with Crippen molar-refractivity contribution in [1.82, 2.24) is 5.32 Å². The molecule has 0 spiro atoms. The number of benzene rings is 1. The molecular weight excluding hydrogens is 274 g/mol. The maximum absolute atomic E-state index is 11.9. The third-order valence-electron chi connectivity index (χ3n) is 3.57. The summed E-state index contributed by atoms with van der Waals surface area (Å²) in [6.45, 7) is 1.12. The molecule has 0 atom stereocenters. The molecule has 1 fully saturated rings. The molecule has 6 heteroatoms. The van der Waals surface area contributed by atoms with Gasteiger partial charge in [0.1, 0.15) is 12.4 Å². The van der Waals surface area contributed by atoms with Crippen LogP contribution >= 0.6 is 0 Å².